The molecule has 1 fully saturated rings. The van der Waals surface area contributed by atoms with Gasteiger partial charge in [0.05, 0.1) is 10.9 Å². The van der Waals surface area contributed by atoms with Crippen LogP contribution in [0.25, 0.3) is 11.0 Å². The van der Waals surface area contributed by atoms with Crippen molar-refractivity contribution in [1.82, 2.24) is 24.4 Å². The zero-order valence-corrected chi connectivity index (χ0v) is 23.1. The van der Waals surface area contributed by atoms with Gasteiger partial charge in [0, 0.05) is 43.5 Å². The fourth-order valence-corrected chi connectivity index (χ4v) is 5.62. The lowest BCUT2D eigenvalue weighted by Crippen LogP contribution is -2.37. The molecule has 0 bridgehead atoms. The number of nitrogens with zero attached hydrogens (tertiary/aromatic N) is 4. The number of rotatable bonds is 6. The van der Waals surface area contributed by atoms with Crippen molar-refractivity contribution >= 4 is 11.0 Å². The molecule has 214 valence electrons. The summed E-state index contributed by atoms with van der Waals surface area (Å²) in [5.74, 6) is 9.55. The summed E-state index contributed by atoms with van der Waals surface area (Å²) in [7, 11) is 1.86. The number of aryl methyl sites for hydroxylation is 2. The van der Waals surface area contributed by atoms with Crippen LogP contribution in [0.3, 0.4) is 0 Å². The Labute approximate surface area is 241 Å². The Hall–Kier alpha value is -4.51. The molecule has 2 aliphatic rings. The van der Waals surface area contributed by atoms with Crippen LogP contribution in [0.4, 0.5) is 8.78 Å². The zero-order valence-electron chi connectivity index (χ0n) is 23.1. The highest BCUT2D eigenvalue weighted by Crippen LogP contribution is 2.34. The molecule has 5 heterocycles. The van der Waals surface area contributed by atoms with Gasteiger partial charge in [0.25, 0.3) is 5.56 Å². The fourth-order valence-electron chi connectivity index (χ4n) is 5.62. The van der Waals surface area contributed by atoms with Crippen LogP contribution in [0.15, 0.2) is 47.4 Å². The molecule has 0 spiro atoms. The van der Waals surface area contributed by atoms with Crippen molar-refractivity contribution < 1.29 is 18.6 Å². The third-order valence-electron chi connectivity index (χ3n) is 7.85. The van der Waals surface area contributed by atoms with Crippen LogP contribution < -0.4 is 15.6 Å². The monoisotopic (exact) mass is 569 g/mol. The Morgan fingerprint density at radius 1 is 1.14 bits per heavy atom. The van der Waals surface area contributed by atoms with Crippen LogP contribution in [0.2, 0.25) is 0 Å². The van der Waals surface area contributed by atoms with Crippen molar-refractivity contribution in [2.24, 2.45) is 7.05 Å². The van der Waals surface area contributed by atoms with E-state index in [1.165, 1.54) is 6.07 Å². The second-order valence-electron chi connectivity index (χ2n) is 10.6. The summed E-state index contributed by atoms with van der Waals surface area (Å²) in [6, 6.07) is 8.31. The average Bonchev–Trinajstić information content (AvgIpc) is 3.75. The van der Waals surface area contributed by atoms with Gasteiger partial charge in [-0.05, 0) is 86.4 Å². The highest BCUT2D eigenvalue weighted by Gasteiger charge is 2.37. The number of hydrogen-bond acceptors (Lipinski definition) is 6. The van der Waals surface area contributed by atoms with Crippen LogP contribution in [0.1, 0.15) is 48.2 Å². The lowest BCUT2D eigenvalue weighted by atomic mass is 9.83. The highest BCUT2D eigenvalue weighted by molar-refractivity contribution is 5.82. The second kappa shape index (κ2) is 11.4. The molecule has 3 aromatic heterocycles. The fraction of sp³-hybridized carbons (Fsp3) is 0.344. The van der Waals surface area contributed by atoms with E-state index in [4.69, 9.17) is 4.74 Å². The number of nitrogens with one attached hydrogen (secondary N) is 1. The molecule has 2 atom stereocenters. The highest BCUT2D eigenvalue weighted by atomic mass is 19.1. The summed E-state index contributed by atoms with van der Waals surface area (Å²) < 4.78 is 38.4. The van der Waals surface area contributed by atoms with Crippen molar-refractivity contribution in [2.75, 3.05) is 13.2 Å². The minimum atomic E-state index is -2.19. The molecule has 4 aromatic rings. The lowest BCUT2D eigenvalue weighted by Gasteiger charge is -2.27. The van der Waals surface area contributed by atoms with Gasteiger partial charge in [-0.15, -0.1) is 0 Å². The predicted octanol–water partition coefficient (Wildman–Crippen LogP) is 3.17. The number of halogens is 2. The summed E-state index contributed by atoms with van der Waals surface area (Å²) in [5.41, 5.74) is -1.16. The Morgan fingerprint density at radius 3 is 2.86 bits per heavy atom. The van der Waals surface area contributed by atoms with Gasteiger partial charge < -0.3 is 24.3 Å². The maximum absolute atomic E-state index is 15.0. The molecule has 2 aliphatic heterocycles. The normalized spacial score (nSPS) is 17.2. The maximum Gasteiger partial charge on any atom is 0.319 e. The van der Waals surface area contributed by atoms with E-state index in [0.717, 1.165) is 61.5 Å². The first-order valence-corrected chi connectivity index (χ1v) is 13.9. The number of fused-ring (bicyclic) bond motifs is 2. The van der Waals surface area contributed by atoms with Gasteiger partial charge in [-0.1, -0.05) is 5.92 Å². The van der Waals surface area contributed by atoms with Crippen LogP contribution in [-0.2, 0) is 25.6 Å². The smallest absolute Gasteiger partial charge is 0.319 e. The first-order chi connectivity index (χ1) is 20.3. The zero-order chi connectivity index (χ0) is 29.3. The Balaban J connectivity index is 1.32. The van der Waals surface area contributed by atoms with E-state index in [2.05, 4.69) is 39.0 Å². The molecule has 0 radical (unpaired) electrons. The largest absolute Gasteiger partial charge is 0.462 e. The second-order valence-corrected chi connectivity index (χ2v) is 10.6. The van der Waals surface area contributed by atoms with Gasteiger partial charge >= 0.3 is 6.01 Å². The number of hydrogen-bond donors (Lipinski definition) is 2. The summed E-state index contributed by atoms with van der Waals surface area (Å²) in [6.45, 7) is 1.90. The topological polar surface area (TPSA) is 94.2 Å². The van der Waals surface area contributed by atoms with E-state index in [1.54, 1.807) is 10.6 Å². The molecule has 2 N–H and O–H groups in total. The number of aromatic nitrogens is 4. The summed E-state index contributed by atoms with van der Waals surface area (Å²) in [4.78, 5) is 22.3. The van der Waals surface area contributed by atoms with Crippen molar-refractivity contribution in [3.63, 3.8) is 0 Å². The number of aliphatic hydroxyl groups is 1. The molecule has 0 aliphatic carbocycles. The van der Waals surface area contributed by atoms with E-state index in [-0.39, 0.29) is 29.6 Å². The van der Waals surface area contributed by atoms with E-state index < -0.39 is 22.8 Å². The maximum atomic E-state index is 15.0. The first-order valence-electron chi connectivity index (χ1n) is 13.9. The number of pyridine rings is 1. The Bertz CT molecular complexity index is 1850. The molecule has 10 heteroatoms. The van der Waals surface area contributed by atoms with Gasteiger partial charge in [-0.25, -0.2) is 8.78 Å². The van der Waals surface area contributed by atoms with Crippen LogP contribution in [-0.4, -0.2) is 43.4 Å². The Morgan fingerprint density at radius 2 is 2.02 bits per heavy atom. The Kier molecular flexibility index (Phi) is 7.51. The van der Waals surface area contributed by atoms with E-state index in [9.17, 15) is 18.7 Å². The van der Waals surface area contributed by atoms with Gasteiger partial charge in [0.2, 0.25) is 0 Å². The third kappa shape index (κ3) is 5.27. The summed E-state index contributed by atoms with van der Waals surface area (Å²) in [5, 5.41) is 15.9. The van der Waals surface area contributed by atoms with Crippen LogP contribution in [0.5, 0.6) is 6.01 Å². The third-order valence-corrected chi connectivity index (χ3v) is 7.85. The summed E-state index contributed by atoms with van der Waals surface area (Å²) >= 11 is 0. The molecule has 42 heavy (non-hydrogen) atoms. The number of ether oxygens (including phenoxy) is 1. The minimum absolute atomic E-state index is 0.0692. The number of benzene rings is 1. The van der Waals surface area contributed by atoms with Crippen LogP contribution in [0, 0.1) is 35.3 Å². The molecular formula is C32H29F2N5O3. The van der Waals surface area contributed by atoms with Gasteiger partial charge in [0.1, 0.15) is 35.2 Å². The standard InChI is InChI=1S/C32H29F2N5O3/c1-38-18-14-24-28(36-31(37-29(24)38)42-20-22-7-5-16-35-22)9-3-2-4-15-32(41,26-19-21(33)10-13-27(26)34)25-12-11-23-8-6-17-39(23)30(25)40/h10-14,18-19,22,35,41H,5-8,15-17,20H2,1H3/t22-,32?/m1/s1. The SMILES string of the molecule is Cn1ccc2c(C#CC#CCC(O)(c3cc(F)ccc3F)c3ccc4n(c3=O)CCC4)nc(OC[C@H]3CCCN3)nc21. The molecule has 1 saturated heterocycles. The molecule has 0 amide bonds. The minimum Gasteiger partial charge on any atom is -0.462 e. The molecule has 1 aromatic carbocycles. The lowest BCUT2D eigenvalue weighted by molar-refractivity contribution is 0.0800. The van der Waals surface area contributed by atoms with E-state index in [1.807, 2.05) is 23.9 Å². The molecular weight excluding hydrogens is 540 g/mol. The van der Waals surface area contributed by atoms with Crippen molar-refractivity contribution in [2.45, 2.75) is 50.3 Å². The summed E-state index contributed by atoms with van der Waals surface area (Å²) in [6.07, 6.45) is 5.12. The van der Waals surface area contributed by atoms with Gasteiger partial charge in [-0.3, -0.25) is 4.79 Å². The molecule has 0 saturated carbocycles. The van der Waals surface area contributed by atoms with Crippen LogP contribution >= 0.6 is 0 Å². The first kappa shape index (κ1) is 27.6. The van der Waals surface area contributed by atoms with E-state index in [0.29, 0.717) is 24.5 Å². The van der Waals surface area contributed by atoms with Gasteiger partial charge in [-0.2, -0.15) is 9.97 Å². The van der Waals surface area contributed by atoms with Crippen molar-refractivity contribution in [3.8, 4) is 29.7 Å². The quantitative estimate of drug-likeness (QED) is 0.347. The van der Waals surface area contributed by atoms with Crippen molar-refractivity contribution in [1.29, 1.82) is 0 Å². The predicted molar refractivity (Wildman–Crippen MR) is 153 cm³/mol. The molecule has 8 nitrogen and oxygen atoms in total. The van der Waals surface area contributed by atoms with Gasteiger partial charge in [0.15, 0.2) is 0 Å². The molecule has 1 unspecified atom stereocenters. The average molecular weight is 570 g/mol. The van der Waals surface area contributed by atoms with Crippen molar-refractivity contribution in [3.05, 3.63) is 87.1 Å². The van der Waals surface area contributed by atoms with E-state index >= 15 is 0 Å². The molecule has 6 rings (SSSR count).